The van der Waals surface area contributed by atoms with Gasteiger partial charge in [-0.2, -0.15) is 13.7 Å². The molecule has 3 N–H and O–H groups in total. The lowest BCUT2D eigenvalue weighted by Gasteiger charge is -2.18. The zero-order valence-electron chi connectivity index (χ0n) is 13.7. The number of nitrogens with zero attached hydrogens (tertiary/aromatic N) is 2. The molecule has 1 aromatic rings. The smallest absolute Gasteiger partial charge is 0.326 e. The van der Waals surface area contributed by atoms with Gasteiger partial charge in [0.15, 0.2) is 5.82 Å². The van der Waals surface area contributed by atoms with E-state index in [2.05, 4.69) is 11.4 Å². The molecule has 1 saturated heterocycles. The van der Waals surface area contributed by atoms with E-state index in [-0.39, 0.29) is 11.6 Å². The van der Waals surface area contributed by atoms with Crippen LogP contribution in [0.1, 0.15) is 24.8 Å². The van der Waals surface area contributed by atoms with Crippen molar-refractivity contribution < 1.29 is 22.7 Å². The molecule has 1 amide bonds. The predicted octanol–water partition coefficient (Wildman–Crippen LogP) is 0.761. The van der Waals surface area contributed by atoms with Crippen molar-refractivity contribution >= 4 is 27.4 Å². The largest absolute Gasteiger partial charge is 0.506 e. The van der Waals surface area contributed by atoms with Crippen LogP contribution in [0.15, 0.2) is 18.2 Å². The van der Waals surface area contributed by atoms with E-state index in [1.807, 2.05) is 6.08 Å². The number of rotatable bonds is 5. The molecule has 2 aliphatic rings. The molecule has 0 bridgehead atoms. The average molecular weight is 380 g/mol. The Morgan fingerprint density at radius 2 is 2.19 bits per heavy atom. The quantitative estimate of drug-likeness (QED) is 0.648. The highest BCUT2D eigenvalue weighted by Gasteiger charge is 2.38. The molecule has 2 aliphatic heterocycles. The number of anilines is 1. The van der Waals surface area contributed by atoms with E-state index in [1.54, 1.807) is 4.72 Å². The lowest BCUT2D eigenvalue weighted by Crippen LogP contribution is -2.30. The van der Waals surface area contributed by atoms with E-state index in [0.29, 0.717) is 29.3 Å². The molecular weight excluding hydrogens is 363 g/mol. The molecule has 0 aliphatic carbocycles. The number of aromatic hydroxyl groups is 1. The Morgan fingerprint density at radius 1 is 1.42 bits per heavy atom. The molecule has 0 aromatic heterocycles. The van der Waals surface area contributed by atoms with Crippen LogP contribution in [0.5, 0.6) is 5.75 Å². The number of phenols is 1. The summed E-state index contributed by atoms with van der Waals surface area (Å²) in [5.41, 5.74) is 0.235. The summed E-state index contributed by atoms with van der Waals surface area (Å²) < 4.78 is 41.2. The van der Waals surface area contributed by atoms with Crippen LogP contribution in [0.2, 0.25) is 0 Å². The maximum Gasteiger partial charge on any atom is 0.326 e. The van der Waals surface area contributed by atoms with E-state index in [0.717, 1.165) is 6.42 Å². The summed E-state index contributed by atoms with van der Waals surface area (Å²) in [6.07, 6.45) is 3.70. The standard InChI is InChI=1S/C16H17FN4O4S/c17-15-12(10-7-11(19-8-10)3-1-2-6-18)4-5-13(22)16(15)21-9-14(23)20-26(21,24)25/h4-5,7,11,19,22H,1-3,8-9H2,(H,20,23). The minimum absolute atomic E-state index is 0.00577. The Kier molecular flexibility index (Phi) is 4.84. The van der Waals surface area contributed by atoms with Gasteiger partial charge in [-0.25, -0.2) is 13.4 Å². The number of phenolic OH excluding ortho intramolecular Hbond substituents is 1. The third kappa shape index (κ3) is 3.36. The van der Waals surface area contributed by atoms with E-state index < -0.39 is 39.9 Å². The number of halogens is 1. The number of amides is 1. The number of unbranched alkanes of at least 4 members (excludes halogenated alkanes) is 1. The lowest BCUT2D eigenvalue weighted by molar-refractivity contribution is -0.117. The summed E-state index contributed by atoms with van der Waals surface area (Å²) in [5, 5.41) is 21.8. The molecule has 1 unspecified atom stereocenters. The molecule has 1 fully saturated rings. The molecule has 0 saturated carbocycles. The highest BCUT2D eigenvalue weighted by atomic mass is 32.2. The van der Waals surface area contributed by atoms with Crippen LogP contribution < -0.4 is 14.3 Å². The Bertz CT molecular complexity index is 923. The summed E-state index contributed by atoms with van der Waals surface area (Å²) in [7, 11) is -4.23. The Labute approximate surface area is 150 Å². The van der Waals surface area contributed by atoms with Gasteiger partial charge in [0.2, 0.25) is 0 Å². The van der Waals surface area contributed by atoms with Crippen LogP contribution in [0, 0.1) is 17.1 Å². The average Bonchev–Trinajstić information content (AvgIpc) is 3.12. The number of hydrogen-bond donors (Lipinski definition) is 3. The van der Waals surface area contributed by atoms with Crippen molar-refractivity contribution in [2.24, 2.45) is 0 Å². The van der Waals surface area contributed by atoms with E-state index in [9.17, 15) is 18.3 Å². The number of nitrogens with one attached hydrogen (secondary N) is 2. The van der Waals surface area contributed by atoms with Crippen LogP contribution in [-0.2, 0) is 15.0 Å². The Hall–Kier alpha value is -2.64. The normalized spacial score (nSPS) is 21.4. The molecule has 10 heteroatoms. The molecule has 1 atom stereocenters. The van der Waals surface area contributed by atoms with Crippen molar-refractivity contribution in [3.8, 4) is 11.8 Å². The third-order valence-electron chi connectivity index (χ3n) is 4.27. The fraction of sp³-hybridized carbons (Fsp3) is 0.375. The maximum absolute atomic E-state index is 15.0. The molecule has 1 aromatic carbocycles. The molecule has 26 heavy (non-hydrogen) atoms. The number of benzene rings is 1. The van der Waals surface area contributed by atoms with Crippen molar-refractivity contribution in [2.45, 2.75) is 25.3 Å². The lowest BCUT2D eigenvalue weighted by atomic mass is 10.0. The zero-order chi connectivity index (χ0) is 18.9. The molecular formula is C16H17FN4O4S. The zero-order valence-corrected chi connectivity index (χ0v) is 14.5. The summed E-state index contributed by atoms with van der Waals surface area (Å²) in [6, 6.07) is 4.64. The second-order valence-corrected chi connectivity index (χ2v) is 7.66. The number of hydrogen-bond acceptors (Lipinski definition) is 6. The van der Waals surface area contributed by atoms with E-state index >= 15 is 4.39 Å². The third-order valence-corrected chi connectivity index (χ3v) is 5.65. The topological polar surface area (TPSA) is 123 Å². The highest BCUT2D eigenvalue weighted by Crippen LogP contribution is 2.37. The van der Waals surface area contributed by atoms with Crippen molar-refractivity contribution in [1.82, 2.24) is 10.0 Å². The number of carbonyl (C=O) groups excluding carboxylic acids is 1. The summed E-state index contributed by atoms with van der Waals surface area (Å²) >= 11 is 0. The molecule has 0 radical (unpaired) electrons. The first-order valence-corrected chi connectivity index (χ1v) is 9.43. The van der Waals surface area contributed by atoms with Gasteiger partial charge in [0.25, 0.3) is 5.91 Å². The molecule has 8 nitrogen and oxygen atoms in total. The first kappa shape index (κ1) is 18.2. The minimum atomic E-state index is -4.23. The first-order chi connectivity index (χ1) is 12.3. The summed E-state index contributed by atoms with van der Waals surface area (Å²) in [5.74, 6) is -2.27. The van der Waals surface area contributed by atoms with Crippen LogP contribution in [0.3, 0.4) is 0 Å². The van der Waals surface area contributed by atoms with Crippen LogP contribution >= 0.6 is 0 Å². The second-order valence-electron chi connectivity index (χ2n) is 6.06. The second kappa shape index (κ2) is 6.93. The molecule has 138 valence electrons. The van der Waals surface area contributed by atoms with Gasteiger partial charge in [-0.3, -0.25) is 4.79 Å². The number of nitriles is 1. The maximum atomic E-state index is 15.0. The molecule has 3 rings (SSSR count). The fourth-order valence-electron chi connectivity index (χ4n) is 3.06. The first-order valence-electron chi connectivity index (χ1n) is 7.99. The summed E-state index contributed by atoms with van der Waals surface area (Å²) in [4.78, 5) is 11.4. The van der Waals surface area contributed by atoms with Gasteiger partial charge < -0.3 is 10.4 Å². The SMILES string of the molecule is N#CCCCC1C=C(c2ccc(O)c(N3CC(=O)NS3(=O)=O)c2F)CN1. The van der Waals surface area contributed by atoms with Crippen LogP contribution in [0.4, 0.5) is 10.1 Å². The fourth-order valence-corrected chi connectivity index (χ4v) is 4.22. The van der Waals surface area contributed by atoms with E-state index in [1.165, 1.54) is 12.1 Å². The van der Waals surface area contributed by atoms with Crippen molar-refractivity contribution in [3.05, 3.63) is 29.6 Å². The Morgan fingerprint density at radius 3 is 2.85 bits per heavy atom. The Balaban J connectivity index is 1.93. The van der Waals surface area contributed by atoms with Gasteiger partial charge in [0.05, 0.1) is 6.07 Å². The van der Waals surface area contributed by atoms with Gasteiger partial charge in [-0.15, -0.1) is 0 Å². The van der Waals surface area contributed by atoms with Gasteiger partial charge in [0, 0.05) is 24.6 Å². The van der Waals surface area contributed by atoms with Crippen LogP contribution in [0.25, 0.3) is 5.57 Å². The van der Waals surface area contributed by atoms with Crippen molar-refractivity contribution in [3.63, 3.8) is 0 Å². The summed E-state index contributed by atoms with van der Waals surface area (Å²) in [6.45, 7) is -0.216. The van der Waals surface area contributed by atoms with Gasteiger partial charge in [-0.1, -0.05) is 6.08 Å². The van der Waals surface area contributed by atoms with Gasteiger partial charge >= 0.3 is 10.2 Å². The monoisotopic (exact) mass is 380 g/mol. The van der Waals surface area contributed by atoms with Crippen molar-refractivity contribution in [2.75, 3.05) is 17.4 Å². The molecule has 0 spiro atoms. The minimum Gasteiger partial charge on any atom is -0.506 e. The number of carbonyl (C=O) groups is 1. The van der Waals surface area contributed by atoms with Crippen LogP contribution in [-0.4, -0.2) is 38.6 Å². The highest BCUT2D eigenvalue weighted by molar-refractivity contribution is 7.92. The van der Waals surface area contributed by atoms with Gasteiger partial charge in [0.1, 0.15) is 18.0 Å². The molecule has 2 heterocycles. The predicted molar refractivity (Wildman–Crippen MR) is 91.7 cm³/mol. The van der Waals surface area contributed by atoms with Gasteiger partial charge in [-0.05, 0) is 30.5 Å². The van der Waals surface area contributed by atoms with Crippen molar-refractivity contribution in [1.29, 1.82) is 5.26 Å². The van der Waals surface area contributed by atoms with E-state index in [4.69, 9.17) is 5.26 Å².